The number of aromatic amines is 1. The fourth-order valence-electron chi connectivity index (χ4n) is 2.90. The minimum atomic E-state index is -0.767. The van der Waals surface area contributed by atoms with Gasteiger partial charge in [0.25, 0.3) is 0 Å². The molecule has 2 heterocycles. The van der Waals surface area contributed by atoms with E-state index in [0.29, 0.717) is 11.3 Å². The van der Waals surface area contributed by atoms with Crippen molar-refractivity contribution in [2.45, 2.75) is 25.7 Å². The normalized spacial score (nSPS) is 15.7. The van der Waals surface area contributed by atoms with Crippen LogP contribution in [0, 0.1) is 0 Å². The molecule has 1 aromatic carbocycles. The van der Waals surface area contributed by atoms with E-state index < -0.39 is 6.16 Å². The number of piperidine rings is 1. The van der Waals surface area contributed by atoms with Gasteiger partial charge in [0, 0.05) is 25.9 Å². The first-order valence-electron chi connectivity index (χ1n) is 7.58. The molecule has 2 aromatic rings. The number of para-hydroxylation sites is 1. The highest BCUT2D eigenvalue weighted by molar-refractivity contribution is 5.84. The van der Waals surface area contributed by atoms with Crippen molar-refractivity contribution >= 4 is 23.1 Å². The number of aromatic nitrogens is 2. The van der Waals surface area contributed by atoms with E-state index in [1.807, 2.05) is 11.0 Å². The van der Waals surface area contributed by atoms with Crippen molar-refractivity contribution in [3.8, 4) is 5.75 Å². The Morgan fingerprint density at radius 1 is 1.30 bits per heavy atom. The van der Waals surface area contributed by atoms with Crippen LogP contribution in [0.5, 0.6) is 5.75 Å². The average Bonchev–Trinajstić information content (AvgIpc) is 3.00. The molecule has 0 bridgehead atoms. The molecule has 0 aliphatic carbocycles. The number of fused-ring (bicyclic) bond motifs is 1. The molecule has 7 nitrogen and oxygen atoms in total. The Morgan fingerprint density at radius 3 is 2.70 bits per heavy atom. The molecule has 0 saturated carbocycles. The van der Waals surface area contributed by atoms with Gasteiger partial charge in [0.2, 0.25) is 5.91 Å². The summed E-state index contributed by atoms with van der Waals surface area (Å²) in [7, 11) is 1.27. The first kappa shape index (κ1) is 15.3. The highest BCUT2D eigenvalue weighted by Gasteiger charge is 2.25. The van der Waals surface area contributed by atoms with E-state index in [9.17, 15) is 9.59 Å². The minimum absolute atomic E-state index is 0.113. The summed E-state index contributed by atoms with van der Waals surface area (Å²) in [5, 5.41) is 0. The largest absolute Gasteiger partial charge is 0.513 e. The predicted octanol–water partition coefficient (Wildman–Crippen LogP) is 2.43. The Balaban J connectivity index is 1.82. The number of carbonyl (C=O) groups excluding carboxylic acids is 2. The van der Waals surface area contributed by atoms with E-state index in [4.69, 9.17) is 4.74 Å². The SMILES string of the molecule is COC(=O)Oc1cccc2[nH]c(C3CCN(C(C)=O)CC3)nc12. The molecule has 3 rings (SSSR count). The molecule has 0 radical (unpaired) electrons. The lowest BCUT2D eigenvalue weighted by Gasteiger charge is -2.30. The number of rotatable bonds is 2. The van der Waals surface area contributed by atoms with Gasteiger partial charge in [-0.3, -0.25) is 4.79 Å². The summed E-state index contributed by atoms with van der Waals surface area (Å²) < 4.78 is 9.65. The van der Waals surface area contributed by atoms with E-state index in [0.717, 1.165) is 37.3 Å². The van der Waals surface area contributed by atoms with E-state index in [-0.39, 0.29) is 11.8 Å². The Kier molecular flexibility index (Phi) is 4.18. The summed E-state index contributed by atoms with van der Waals surface area (Å²) >= 11 is 0. The monoisotopic (exact) mass is 317 g/mol. The van der Waals surface area contributed by atoms with Crippen LogP contribution < -0.4 is 4.74 Å². The van der Waals surface area contributed by atoms with Gasteiger partial charge in [-0.05, 0) is 25.0 Å². The van der Waals surface area contributed by atoms with Crippen molar-refractivity contribution in [2.75, 3.05) is 20.2 Å². The molecule has 23 heavy (non-hydrogen) atoms. The maximum Gasteiger partial charge on any atom is 0.513 e. The Hall–Kier alpha value is -2.57. The number of hydrogen-bond donors (Lipinski definition) is 1. The van der Waals surface area contributed by atoms with Crippen molar-refractivity contribution in [3.63, 3.8) is 0 Å². The average molecular weight is 317 g/mol. The van der Waals surface area contributed by atoms with E-state index in [2.05, 4.69) is 14.7 Å². The van der Waals surface area contributed by atoms with Gasteiger partial charge >= 0.3 is 6.16 Å². The van der Waals surface area contributed by atoms with E-state index in [1.165, 1.54) is 7.11 Å². The maximum absolute atomic E-state index is 11.4. The van der Waals surface area contributed by atoms with E-state index >= 15 is 0 Å². The van der Waals surface area contributed by atoms with Crippen molar-refractivity contribution in [3.05, 3.63) is 24.0 Å². The summed E-state index contributed by atoms with van der Waals surface area (Å²) in [6, 6.07) is 5.36. The zero-order valence-corrected chi connectivity index (χ0v) is 13.2. The molecule has 1 saturated heterocycles. The molecule has 7 heteroatoms. The first-order chi connectivity index (χ1) is 11.1. The lowest BCUT2D eigenvalue weighted by molar-refractivity contribution is -0.129. The topological polar surface area (TPSA) is 84.5 Å². The summed E-state index contributed by atoms with van der Waals surface area (Å²) in [4.78, 5) is 32.5. The van der Waals surface area contributed by atoms with Crippen LogP contribution in [0.25, 0.3) is 11.0 Å². The molecule has 1 aromatic heterocycles. The summed E-state index contributed by atoms with van der Waals surface area (Å²) in [6.07, 6.45) is 0.968. The van der Waals surface area contributed by atoms with Crippen LogP contribution in [0.3, 0.4) is 0 Å². The number of nitrogens with one attached hydrogen (secondary N) is 1. The number of amides is 1. The molecule has 1 aliphatic heterocycles. The molecule has 1 fully saturated rings. The summed E-state index contributed by atoms with van der Waals surface area (Å²) in [5.74, 6) is 1.62. The molecule has 0 atom stereocenters. The number of imidazole rings is 1. The van der Waals surface area contributed by atoms with Gasteiger partial charge in [0.15, 0.2) is 5.75 Å². The van der Waals surface area contributed by atoms with Gasteiger partial charge in [0.1, 0.15) is 11.3 Å². The van der Waals surface area contributed by atoms with Gasteiger partial charge < -0.3 is 19.4 Å². The Morgan fingerprint density at radius 2 is 2.04 bits per heavy atom. The van der Waals surface area contributed by atoms with Crippen molar-refractivity contribution in [2.24, 2.45) is 0 Å². The van der Waals surface area contributed by atoms with Crippen LogP contribution in [0.1, 0.15) is 31.5 Å². The number of ether oxygens (including phenoxy) is 2. The number of likely N-dealkylation sites (tertiary alicyclic amines) is 1. The summed E-state index contributed by atoms with van der Waals surface area (Å²) in [5.41, 5.74) is 1.43. The van der Waals surface area contributed by atoms with Crippen LogP contribution in [0.2, 0.25) is 0 Å². The maximum atomic E-state index is 11.4. The smallest absolute Gasteiger partial charge is 0.437 e. The molecule has 122 valence electrons. The molecule has 1 aliphatic rings. The van der Waals surface area contributed by atoms with Gasteiger partial charge in [0.05, 0.1) is 12.6 Å². The second kappa shape index (κ2) is 6.28. The van der Waals surface area contributed by atoms with E-state index in [1.54, 1.807) is 19.1 Å². The number of carbonyl (C=O) groups is 2. The second-order valence-electron chi connectivity index (χ2n) is 5.61. The fourth-order valence-corrected chi connectivity index (χ4v) is 2.90. The van der Waals surface area contributed by atoms with Gasteiger partial charge in [-0.25, -0.2) is 9.78 Å². The van der Waals surface area contributed by atoms with Gasteiger partial charge in [-0.15, -0.1) is 0 Å². The lowest BCUT2D eigenvalue weighted by atomic mass is 9.96. The molecule has 1 amide bonds. The third-order valence-corrected chi connectivity index (χ3v) is 4.18. The third-order valence-electron chi connectivity index (χ3n) is 4.18. The highest BCUT2D eigenvalue weighted by atomic mass is 16.7. The quantitative estimate of drug-likeness (QED) is 0.679. The fraction of sp³-hybridized carbons (Fsp3) is 0.438. The van der Waals surface area contributed by atoms with Crippen molar-refractivity contribution < 1.29 is 19.1 Å². The zero-order valence-electron chi connectivity index (χ0n) is 13.2. The number of H-pyrrole nitrogens is 1. The van der Waals surface area contributed by atoms with Crippen LogP contribution in [-0.2, 0) is 9.53 Å². The number of hydrogen-bond acceptors (Lipinski definition) is 5. The molecule has 0 spiro atoms. The number of methoxy groups -OCH3 is 1. The second-order valence-corrected chi connectivity index (χ2v) is 5.61. The van der Waals surface area contributed by atoms with Crippen LogP contribution in [-0.4, -0.2) is 47.1 Å². The molecular weight excluding hydrogens is 298 g/mol. The Labute approximate surface area is 133 Å². The van der Waals surface area contributed by atoms with Crippen molar-refractivity contribution in [1.29, 1.82) is 0 Å². The molecule has 1 N–H and O–H groups in total. The van der Waals surface area contributed by atoms with Crippen molar-refractivity contribution in [1.82, 2.24) is 14.9 Å². The number of nitrogens with zero attached hydrogens (tertiary/aromatic N) is 2. The predicted molar refractivity (Wildman–Crippen MR) is 83.4 cm³/mol. The van der Waals surface area contributed by atoms with Crippen LogP contribution in [0.15, 0.2) is 18.2 Å². The highest BCUT2D eigenvalue weighted by Crippen LogP contribution is 2.30. The first-order valence-corrected chi connectivity index (χ1v) is 7.58. The minimum Gasteiger partial charge on any atom is -0.437 e. The van der Waals surface area contributed by atoms with Crippen LogP contribution in [0.4, 0.5) is 4.79 Å². The molecule has 0 unspecified atom stereocenters. The van der Waals surface area contributed by atoms with Gasteiger partial charge in [-0.2, -0.15) is 0 Å². The standard InChI is InChI=1S/C16H19N3O4/c1-10(20)19-8-6-11(7-9-19)15-17-12-4-3-5-13(14(12)18-15)23-16(21)22-2/h3-5,11H,6-9H2,1-2H3,(H,17,18). The molecular formula is C16H19N3O4. The summed E-state index contributed by atoms with van der Waals surface area (Å²) in [6.45, 7) is 3.07. The number of benzene rings is 1. The van der Waals surface area contributed by atoms with Gasteiger partial charge in [-0.1, -0.05) is 6.07 Å². The zero-order chi connectivity index (χ0) is 16.4. The lowest BCUT2D eigenvalue weighted by Crippen LogP contribution is -2.36. The van der Waals surface area contributed by atoms with Crippen LogP contribution >= 0.6 is 0 Å². The third kappa shape index (κ3) is 3.13. The Bertz CT molecular complexity index is 732.